The summed E-state index contributed by atoms with van der Waals surface area (Å²) < 4.78 is 11.4. The van der Waals surface area contributed by atoms with Gasteiger partial charge in [-0.1, -0.05) is 31.9 Å². The SMILES string of the molecule is C[C@@H]1CCCC[C@@]12NC(=O)N(CC(=O)NC[C@H]1COc3ccccc3O1)C2=O. The summed E-state index contributed by atoms with van der Waals surface area (Å²) in [4.78, 5) is 38.6. The molecule has 0 aromatic heterocycles. The van der Waals surface area contributed by atoms with Crippen molar-refractivity contribution >= 4 is 17.8 Å². The second kappa shape index (κ2) is 7.33. The monoisotopic (exact) mass is 387 g/mol. The highest BCUT2D eigenvalue weighted by molar-refractivity contribution is 6.09. The van der Waals surface area contributed by atoms with Crippen LogP contribution in [0.5, 0.6) is 11.5 Å². The first-order valence-corrected chi connectivity index (χ1v) is 9.79. The topological polar surface area (TPSA) is 97.0 Å². The molecule has 2 heterocycles. The molecule has 4 amide bonds. The molecule has 8 nitrogen and oxygen atoms in total. The van der Waals surface area contributed by atoms with Crippen molar-refractivity contribution in [2.75, 3.05) is 19.7 Å². The van der Waals surface area contributed by atoms with Gasteiger partial charge in [-0.2, -0.15) is 0 Å². The largest absolute Gasteiger partial charge is 0.486 e. The lowest BCUT2D eigenvalue weighted by Gasteiger charge is -2.36. The number of carbonyl (C=O) groups excluding carboxylic acids is 3. The van der Waals surface area contributed by atoms with Crippen molar-refractivity contribution in [1.82, 2.24) is 15.5 Å². The fraction of sp³-hybridized carbons (Fsp3) is 0.550. The molecule has 28 heavy (non-hydrogen) atoms. The molecule has 0 bridgehead atoms. The normalized spacial score (nSPS) is 29.0. The molecule has 1 aromatic rings. The van der Waals surface area contributed by atoms with Crippen LogP contribution in [0.2, 0.25) is 0 Å². The molecule has 1 aromatic carbocycles. The van der Waals surface area contributed by atoms with Crippen molar-refractivity contribution in [3.8, 4) is 11.5 Å². The number of benzene rings is 1. The molecule has 3 atom stereocenters. The molecule has 2 aliphatic heterocycles. The Labute approximate surface area is 163 Å². The first kappa shape index (κ1) is 18.6. The number of hydrogen-bond acceptors (Lipinski definition) is 5. The lowest BCUT2D eigenvalue weighted by Crippen LogP contribution is -2.54. The molecule has 1 spiro atoms. The molecule has 1 aliphatic carbocycles. The fourth-order valence-electron chi connectivity index (χ4n) is 4.23. The van der Waals surface area contributed by atoms with Gasteiger partial charge in [0.05, 0.1) is 6.54 Å². The summed E-state index contributed by atoms with van der Waals surface area (Å²) in [5.74, 6) is 0.697. The van der Waals surface area contributed by atoms with E-state index in [0.29, 0.717) is 24.5 Å². The Hall–Kier alpha value is -2.77. The van der Waals surface area contributed by atoms with E-state index < -0.39 is 17.5 Å². The highest BCUT2D eigenvalue weighted by Gasteiger charge is 2.55. The molecule has 0 radical (unpaired) electrons. The molecule has 1 saturated carbocycles. The number of nitrogens with one attached hydrogen (secondary N) is 2. The molecular weight excluding hydrogens is 362 g/mol. The van der Waals surface area contributed by atoms with Crippen molar-refractivity contribution < 1.29 is 23.9 Å². The summed E-state index contributed by atoms with van der Waals surface area (Å²) in [5.41, 5.74) is -0.848. The Balaban J connectivity index is 1.32. The zero-order chi connectivity index (χ0) is 19.7. The second-order valence-corrected chi connectivity index (χ2v) is 7.74. The quantitative estimate of drug-likeness (QED) is 0.762. The van der Waals surface area contributed by atoms with Gasteiger partial charge in [-0.15, -0.1) is 0 Å². The molecule has 2 fully saturated rings. The Morgan fingerprint density at radius 2 is 2.07 bits per heavy atom. The summed E-state index contributed by atoms with van der Waals surface area (Å²) in [6, 6.07) is 6.86. The van der Waals surface area contributed by atoms with Gasteiger partial charge in [0.2, 0.25) is 5.91 Å². The van der Waals surface area contributed by atoms with Crippen LogP contribution >= 0.6 is 0 Å². The van der Waals surface area contributed by atoms with E-state index in [2.05, 4.69) is 10.6 Å². The van der Waals surface area contributed by atoms with E-state index in [4.69, 9.17) is 9.47 Å². The zero-order valence-electron chi connectivity index (χ0n) is 15.9. The highest BCUT2D eigenvalue weighted by Crippen LogP contribution is 2.38. The van der Waals surface area contributed by atoms with Crippen molar-refractivity contribution in [2.24, 2.45) is 5.92 Å². The van der Waals surface area contributed by atoms with Crippen molar-refractivity contribution in [3.05, 3.63) is 24.3 Å². The number of amides is 4. The molecule has 1 saturated heterocycles. The first-order chi connectivity index (χ1) is 13.5. The average molecular weight is 387 g/mol. The summed E-state index contributed by atoms with van der Waals surface area (Å²) in [5, 5.41) is 5.59. The summed E-state index contributed by atoms with van der Waals surface area (Å²) in [6.07, 6.45) is 3.15. The van der Waals surface area contributed by atoms with Gasteiger partial charge in [-0.3, -0.25) is 14.5 Å². The van der Waals surface area contributed by atoms with Gasteiger partial charge in [0.25, 0.3) is 5.91 Å². The van der Waals surface area contributed by atoms with Crippen LogP contribution in [-0.4, -0.2) is 54.1 Å². The van der Waals surface area contributed by atoms with E-state index in [9.17, 15) is 14.4 Å². The number of carbonyl (C=O) groups is 3. The van der Waals surface area contributed by atoms with Gasteiger partial charge in [-0.05, 0) is 30.9 Å². The minimum atomic E-state index is -0.848. The van der Waals surface area contributed by atoms with E-state index in [0.717, 1.165) is 24.2 Å². The minimum absolute atomic E-state index is 0.0682. The maximum Gasteiger partial charge on any atom is 0.325 e. The number of rotatable bonds is 4. The number of imide groups is 1. The Kier molecular flexibility index (Phi) is 4.87. The van der Waals surface area contributed by atoms with Crippen LogP contribution in [-0.2, 0) is 9.59 Å². The predicted molar refractivity (Wildman–Crippen MR) is 100.0 cm³/mol. The molecule has 4 rings (SSSR count). The van der Waals surface area contributed by atoms with Crippen LogP contribution in [0.15, 0.2) is 24.3 Å². The predicted octanol–water partition coefficient (Wildman–Crippen LogP) is 1.44. The molecule has 3 aliphatic rings. The van der Waals surface area contributed by atoms with Crippen molar-refractivity contribution in [2.45, 2.75) is 44.2 Å². The van der Waals surface area contributed by atoms with Crippen LogP contribution < -0.4 is 20.1 Å². The van der Waals surface area contributed by atoms with E-state index >= 15 is 0 Å². The number of hydrogen-bond donors (Lipinski definition) is 2. The van der Waals surface area contributed by atoms with E-state index in [-0.39, 0.29) is 31.0 Å². The standard InChI is InChI=1S/C20H25N3O5/c1-13-6-4-5-9-20(13)18(25)23(19(26)22-20)11-17(24)21-10-14-12-27-15-7-2-3-8-16(15)28-14/h2-3,7-8,13-14H,4-6,9-12H2,1H3,(H,21,24)(H,22,26)/t13-,14+,20-/m1/s1. The van der Waals surface area contributed by atoms with Crippen LogP contribution in [0.1, 0.15) is 32.6 Å². The zero-order valence-corrected chi connectivity index (χ0v) is 15.9. The van der Waals surface area contributed by atoms with Crippen LogP contribution in [0.25, 0.3) is 0 Å². The molecule has 8 heteroatoms. The second-order valence-electron chi connectivity index (χ2n) is 7.74. The first-order valence-electron chi connectivity index (χ1n) is 9.79. The van der Waals surface area contributed by atoms with Crippen LogP contribution in [0, 0.1) is 5.92 Å². The van der Waals surface area contributed by atoms with E-state index in [1.54, 1.807) is 6.07 Å². The number of ether oxygens (including phenoxy) is 2. The van der Waals surface area contributed by atoms with Crippen LogP contribution in [0.4, 0.5) is 4.79 Å². The van der Waals surface area contributed by atoms with Gasteiger partial charge >= 0.3 is 6.03 Å². The summed E-state index contributed by atoms with van der Waals surface area (Å²) >= 11 is 0. The van der Waals surface area contributed by atoms with Gasteiger partial charge in [0.15, 0.2) is 11.5 Å². The summed E-state index contributed by atoms with van der Waals surface area (Å²) in [7, 11) is 0. The third kappa shape index (κ3) is 3.27. The van der Waals surface area contributed by atoms with Crippen LogP contribution in [0.3, 0.4) is 0 Å². The van der Waals surface area contributed by atoms with Gasteiger partial charge in [0.1, 0.15) is 24.8 Å². The maximum absolute atomic E-state index is 12.9. The number of fused-ring (bicyclic) bond motifs is 1. The van der Waals surface area contributed by atoms with Gasteiger partial charge in [0, 0.05) is 0 Å². The molecular formula is C20H25N3O5. The molecule has 2 N–H and O–H groups in total. The molecule has 150 valence electrons. The van der Waals surface area contributed by atoms with Crippen molar-refractivity contribution in [3.63, 3.8) is 0 Å². The maximum atomic E-state index is 12.9. The Morgan fingerprint density at radius 1 is 1.29 bits per heavy atom. The average Bonchev–Trinajstić information content (AvgIpc) is 2.93. The lowest BCUT2D eigenvalue weighted by molar-refractivity contribution is -0.137. The Bertz CT molecular complexity index is 798. The van der Waals surface area contributed by atoms with Gasteiger partial charge < -0.3 is 20.1 Å². The number of nitrogens with zero attached hydrogens (tertiary/aromatic N) is 1. The summed E-state index contributed by atoms with van der Waals surface area (Å²) in [6.45, 7) is 2.25. The van der Waals surface area contributed by atoms with Crippen molar-refractivity contribution in [1.29, 1.82) is 0 Å². The third-order valence-electron chi connectivity index (χ3n) is 5.90. The lowest BCUT2D eigenvalue weighted by atomic mass is 9.73. The number of para-hydroxylation sites is 2. The highest BCUT2D eigenvalue weighted by atomic mass is 16.6. The smallest absolute Gasteiger partial charge is 0.325 e. The van der Waals surface area contributed by atoms with Gasteiger partial charge in [-0.25, -0.2) is 4.79 Å². The number of urea groups is 1. The molecule has 0 unspecified atom stereocenters. The van der Waals surface area contributed by atoms with E-state index in [1.807, 2.05) is 25.1 Å². The fourth-order valence-corrected chi connectivity index (χ4v) is 4.23. The Morgan fingerprint density at radius 3 is 2.86 bits per heavy atom. The minimum Gasteiger partial charge on any atom is -0.486 e. The third-order valence-corrected chi connectivity index (χ3v) is 5.90. The van der Waals surface area contributed by atoms with E-state index in [1.165, 1.54) is 0 Å².